The first-order valence-corrected chi connectivity index (χ1v) is 6.12. The quantitative estimate of drug-likeness (QED) is 0.769. The molecule has 0 aromatic heterocycles. The molecule has 0 saturated carbocycles. The number of hydrogen-bond donors (Lipinski definition) is 1. The summed E-state index contributed by atoms with van der Waals surface area (Å²) in [4.78, 5) is 13.5. The lowest BCUT2D eigenvalue weighted by molar-refractivity contribution is -0.117. The normalized spacial score (nSPS) is 22.1. The zero-order valence-corrected chi connectivity index (χ0v) is 10.6. The number of nitrogens with zero attached hydrogens (tertiary/aromatic N) is 1. The van der Waals surface area contributed by atoms with Gasteiger partial charge in [0.2, 0.25) is 0 Å². The second kappa shape index (κ2) is 4.13. The third kappa shape index (κ3) is 1.69. The number of nitrogens with one attached hydrogen (secondary N) is 1. The van der Waals surface area contributed by atoms with Gasteiger partial charge in [-0.05, 0) is 31.3 Å². The summed E-state index contributed by atoms with van der Waals surface area (Å²) in [7, 11) is 0. The smallest absolute Gasteiger partial charge is 0.255 e. The molecule has 5 nitrogen and oxygen atoms in total. The fourth-order valence-electron chi connectivity index (χ4n) is 2.02. The van der Waals surface area contributed by atoms with E-state index in [0.717, 1.165) is 0 Å². The third-order valence-corrected chi connectivity index (χ3v) is 3.22. The second-order valence-electron chi connectivity index (χ2n) is 4.17. The van der Waals surface area contributed by atoms with Gasteiger partial charge >= 0.3 is 0 Å². The van der Waals surface area contributed by atoms with Crippen LogP contribution < -0.4 is 19.7 Å². The number of thiocarbonyl (C=S) groups is 1. The van der Waals surface area contributed by atoms with Gasteiger partial charge in [-0.1, -0.05) is 0 Å². The Kier molecular flexibility index (Phi) is 2.59. The van der Waals surface area contributed by atoms with E-state index in [-0.39, 0.29) is 11.9 Å². The van der Waals surface area contributed by atoms with Crippen LogP contribution in [-0.4, -0.2) is 30.3 Å². The molecule has 1 aromatic rings. The minimum Gasteiger partial charge on any atom is -0.486 e. The zero-order valence-electron chi connectivity index (χ0n) is 9.80. The largest absolute Gasteiger partial charge is 0.486 e. The van der Waals surface area contributed by atoms with E-state index in [1.165, 1.54) is 4.90 Å². The number of anilines is 1. The first-order valence-electron chi connectivity index (χ1n) is 5.71. The van der Waals surface area contributed by atoms with Crippen molar-refractivity contribution < 1.29 is 14.3 Å². The number of amides is 1. The Labute approximate surface area is 110 Å². The summed E-state index contributed by atoms with van der Waals surface area (Å²) >= 11 is 5.15. The fourth-order valence-corrected chi connectivity index (χ4v) is 2.39. The lowest BCUT2D eigenvalue weighted by atomic mass is 10.2. The molecule has 1 N–H and O–H groups in total. The lowest BCUT2D eigenvalue weighted by Gasteiger charge is -2.21. The van der Waals surface area contributed by atoms with E-state index in [2.05, 4.69) is 5.32 Å². The number of carbonyl (C=O) groups is 1. The van der Waals surface area contributed by atoms with E-state index in [1.807, 2.05) is 0 Å². The molecular weight excluding hydrogens is 252 g/mol. The Bertz CT molecular complexity index is 532. The van der Waals surface area contributed by atoms with Gasteiger partial charge in [0, 0.05) is 6.07 Å². The highest BCUT2D eigenvalue weighted by atomic mass is 32.1. The molecule has 2 aliphatic rings. The summed E-state index contributed by atoms with van der Waals surface area (Å²) in [6.07, 6.45) is 0. The van der Waals surface area contributed by atoms with E-state index >= 15 is 0 Å². The minimum absolute atomic E-state index is 0.0586. The summed E-state index contributed by atoms with van der Waals surface area (Å²) in [6, 6.07) is 5.09. The van der Waals surface area contributed by atoms with Crippen LogP contribution in [-0.2, 0) is 4.79 Å². The summed E-state index contributed by atoms with van der Waals surface area (Å²) in [6.45, 7) is 2.85. The third-order valence-electron chi connectivity index (χ3n) is 2.92. The zero-order chi connectivity index (χ0) is 12.7. The molecule has 1 aromatic carbocycles. The van der Waals surface area contributed by atoms with Gasteiger partial charge < -0.3 is 14.8 Å². The van der Waals surface area contributed by atoms with Gasteiger partial charge in [-0.25, -0.2) is 0 Å². The summed E-state index contributed by atoms with van der Waals surface area (Å²) < 4.78 is 10.9. The fraction of sp³-hybridized carbons (Fsp3) is 0.333. The average Bonchev–Trinajstić information content (AvgIpc) is 2.63. The van der Waals surface area contributed by atoms with Crippen molar-refractivity contribution in [2.24, 2.45) is 0 Å². The van der Waals surface area contributed by atoms with Gasteiger partial charge in [-0.3, -0.25) is 9.69 Å². The number of rotatable bonds is 1. The van der Waals surface area contributed by atoms with Crippen molar-refractivity contribution in [3.8, 4) is 11.5 Å². The van der Waals surface area contributed by atoms with Gasteiger partial charge in [-0.15, -0.1) is 0 Å². The summed E-state index contributed by atoms with van der Waals surface area (Å²) in [5.74, 6) is 1.29. The molecule has 18 heavy (non-hydrogen) atoms. The van der Waals surface area contributed by atoms with Gasteiger partial charge in [0.1, 0.15) is 19.3 Å². The predicted octanol–water partition coefficient (Wildman–Crippen LogP) is 1.07. The number of benzene rings is 1. The van der Waals surface area contributed by atoms with Crippen LogP contribution in [0, 0.1) is 0 Å². The number of carbonyl (C=O) groups excluding carboxylic acids is 1. The monoisotopic (exact) mass is 264 g/mol. The maximum atomic E-state index is 12.0. The Morgan fingerprint density at radius 1 is 1.33 bits per heavy atom. The maximum Gasteiger partial charge on any atom is 0.255 e. The lowest BCUT2D eigenvalue weighted by Crippen LogP contribution is -2.30. The van der Waals surface area contributed by atoms with E-state index in [0.29, 0.717) is 35.5 Å². The molecule has 3 rings (SSSR count). The van der Waals surface area contributed by atoms with Crippen molar-refractivity contribution in [3.05, 3.63) is 18.2 Å². The Hall–Kier alpha value is -1.82. The maximum absolute atomic E-state index is 12.0. The van der Waals surface area contributed by atoms with Crippen LogP contribution in [0.4, 0.5) is 5.69 Å². The summed E-state index contributed by atoms with van der Waals surface area (Å²) in [5.41, 5.74) is 0.700. The van der Waals surface area contributed by atoms with E-state index in [1.54, 1.807) is 25.1 Å². The molecule has 1 fully saturated rings. The van der Waals surface area contributed by atoms with Gasteiger partial charge in [-0.2, -0.15) is 0 Å². The van der Waals surface area contributed by atoms with Gasteiger partial charge in [0.05, 0.1) is 5.69 Å². The molecule has 0 bridgehead atoms. The Morgan fingerprint density at radius 2 is 2.06 bits per heavy atom. The first-order chi connectivity index (χ1) is 8.66. The van der Waals surface area contributed by atoms with Crippen LogP contribution >= 0.6 is 12.2 Å². The average molecular weight is 264 g/mol. The van der Waals surface area contributed by atoms with Crippen LogP contribution in [0.15, 0.2) is 18.2 Å². The Balaban J connectivity index is 1.97. The molecule has 94 valence electrons. The molecule has 0 aliphatic carbocycles. The van der Waals surface area contributed by atoms with Gasteiger partial charge in [0.15, 0.2) is 16.6 Å². The van der Waals surface area contributed by atoms with Crippen molar-refractivity contribution >= 4 is 28.9 Å². The Morgan fingerprint density at radius 3 is 2.72 bits per heavy atom. The second-order valence-corrected chi connectivity index (χ2v) is 4.56. The summed E-state index contributed by atoms with van der Waals surface area (Å²) in [5, 5.41) is 3.35. The predicted molar refractivity (Wildman–Crippen MR) is 70.1 cm³/mol. The van der Waals surface area contributed by atoms with E-state index in [9.17, 15) is 4.79 Å². The molecule has 1 amide bonds. The van der Waals surface area contributed by atoms with Crippen molar-refractivity contribution in [2.45, 2.75) is 13.0 Å². The molecule has 2 aliphatic heterocycles. The number of ether oxygens (including phenoxy) is 2. The van der Waals surface area contributed by atoms with Crippen molar-refractivity contribution in [2.75, 3.05) is 18.1 Å². The first kappa shape index (κ1) is 11.3. The highest BCUT2D eigenvalue weighted by Gasteiger charge is 2.33. The van der Waals surface area contributed by atoms with Crippen LogP contribution in [0.1, 0.15) is 6.92 Å². The number of fused-ring (bicyclic) bond motifs is 1. The van der Waals surface area contributed by atoms with Crippen LogP contribution in [0.3, 0.4) is 0 Å². The molecule has 2 heterocycles. The molecule has 0 spiro atoms. The van der Waals surface area contributed by atoms with Gasteiger partial charge in [0.25, 0.3) is 5.91 Å². The molecule has 1 saturated heterocycles. The topological polar surface area (TPSA) is 50.8 Å². The molecular formula is C12H12N2O3S. The molecule has 0 radical (unpaired) electrons. The van der Waals surface area contributed by atoms with Crippen molar-refractivity contribution in [1.82, 2.24) is 5.32 Å². The molecule has 6 heteroatoms. The molecule has 1 unspecified atom stereocenters. The minimum atomic E-state index is -0.286. The highest BCUT2D eigenvalue weighted by Crippen LogP contribution is 2.34. The van der Waals surface area contributed by atoms with Crippen molar-refractivity contribution in [3.63, 3.8) is 0 Å². The molecule has 1 atom stereocenters. The number of hydrogen-bond acceptors (Lipinski definition) is 4. The SMILES string of the molecule is CC1NC(=S)N(c2ccc3c(c2)OCCO3)C1=O. The van der Waals surface area contributed by atoms with Crippen molar-refractivity contribution in [1.29, 1.82) is 0 Å². The van der Waals surface area contributed by atoms with Crippen LogP contribution in [0.25, 0.3) is 0 Å². The van der Waals surface area contributed by atoms with Crippen LogP contribution in [0.2, 0.25) is 0 Å². The highest BCUT2D eigenvalue weighted by molar-refractivity contribution is 7.80. The standard InChI is InChI=1S/C12H12N2O3S/c1-7-11(15)14(12(18)13-7)8-2-3-9-10(6-8)17-5-4-16-9/h2-3,6-7H,4-5H2,1H3,(H,13,18). The van der Waals surface area contributed by atoms with E-state index in [4.69, 9.17) is 21.7 Å². The van der Waals surface area contributed by atoms with Crippen LogP contribution in [0.5, 0.6) is 11.5 Å². The van der Waals surface area contributed by atoms with E-state index < -0.39 is 0 Å².